The van der Waals surface area contributed by atoms with Gasteiger partial charge in [0.15, 0.2) is 5.82 Å². The van der Waals surface area contributed by atoms with E-state index < -0.39 is 5.97 Å². The maximum Gasteiger partial charge on any atom is 0.323 e. The predicted octanol–water partition coefficient (Wildman–Crippen LogP) is 1.73. The van der Waals surface area contributed by atoms with Gasteiger partial charge in [-0.3, -0.25) is 4.79 Å². The number of thiophene rings is 1. The van der Waals surface area contributed by atoms with Gasteiger partial charge in [0.2, 0.25) is 0 Å². The minimum absolute atomic E-state index is 0.0902. The average Bonchev–Trinajstić information content (AvgIpc) is 2.82. The molecule has 0 radical (unpaired) electrons. The first-order valence-corrected chi connectivity index (χ1v) is 5.85. The van der Waals surface area contributed by atoms with Gasteiger partial charge in [-0.1, -0.05) is 6.07 Å². The molecule has 0 fully saturated rings. The molecule has 2 rings (SSSR count). The fraction of sp³-hybridized carbons (Fsp3) is 0.182. The first kappa shape index (κ1) is 11.5. The topological polar surface area (TPSA) is 66.3 Å². The molecule has 0 saturated carbocycles. The van der Waals surface area contributed by atoms with E-state index in [-0.39, 0.29) is 6.54 Å². The summed E-state index contributed by atoms with van der Waals surface area (Å²) in [6.45, 7) is -0.0902. The van der Waals surface area contributed by atoms with Gasteiger partial charge in [0, 0.05) is 7.05 Å². The molecule has 2 aromatic rings. The van der Waals surface area contributed by atoms with E-state index in [0.717, 1.165) is 10.6 Å². The molecule has 5 nitrogen and oxygen atoms in total. The Bertz CT molecular complexity index is 496. The molecule has 0 amide bonds. The highest BCUT2D eigenvalue weighted by molar-refractivity contribution is 7.13. The van der Waals surface area contributed by atoms with Crippen LogP contribution in [-0.4, -0.2) is 34.9 Å². The lowest BCUT2D eigenvalue weighted by molar-refractivity contribution is -0.135. The van der Waals surface area contributed by atoms with E-state index in [1.165, 1.54) is 4.90 Å². The summed E-state index contributed by atoms with van der Waals surface area (Å²) in [5, 5.41) is 18.7. The standard InChI is InChI=1S/C11H11N3O2S/c1-14(7-11(15)16)10-5-4-8(12-13-10)9-3-2-6-17-9/h2-6H,7H2,1H3,(H,15,16). The molecule has 17 heavy (non-hydrogen) atoms. The number of anilines is 1. The van der Waals surface area contributed by atoms with E-state index in [0.29, 0.717) is 5.82 Å². The van der Waals surface area contributed by atoms with Crippen LogP contribution in [0.15, 0.2) is 29.6 Å². The van der Waals surface area contributed by atoms with Gasteiger partial charge in [-0.15, -0.1) is 21.5 Å². The molecule has 0 spiro atoms. The summed E-state index contributed by atoms with van der Waals surface area (Å²) >= 11 is 1.59. The van der Waals surface area contributed by atoms with Gasteiger partial charge in [0.25, 0.3) is 0 Å². The van der Waals surface area contributed by atoms with Crippen LogP contribution in [0.1, 0.15) is 0 Å². The minimum atomic E-state index is -0.892. The van der Waals surface area contributed by atoms with E-state index in [9.17, 15) is 4.79 Å². The van der Waals surface area contributed by atoms with Crippen LogP contribution in [0.5, 0.6) is 0 Å². The molecule has 0 bridgehead atoms. The molecular formula is C11H11N3O2S. The molecule has 0 unspecified atom stereocenters. The van der Waals surface area contributed by atoms with E-state index >= 15 is 0 Å². The lowest BCUT2D eigenvalue weighted by atomic mass is 10.3. The summed E-state index contributed by atoms with van der Waals surface area (Å²) in [7, 11) is 1.67. The van der Waals surface area contributed by atoms with Crippen LogP contribution < -0.4 is 4.90 Å². The zero-order valence-electron chi connectivity index (χ0n) is 9.20. The Kier molecular flexibility index (Phi) is 3.34. The highest BCUT2D eigenvalue weighted by atomic mass is 32.1. The third-order valence-electron chi connectivity index (χ3n) is 2.19. The molecule has 1 N–H and O–H groups in total. The van der Waals surface area contributed by atoms with Crippen molar-refractivity contribution in [2.24, 2.45) is 0 Å². The third-order valence-corrected chi connectivity index (χ3v) is 3.08. The van der Waals surface area contributed by atoms with Crippen LogP contribution in [0.25, 0.3) is 10.6 Å². The minimum Gasteiger partial charge on any atom is -0.480 e. The molecule has 0 aromatic carbocycles. The predicted molar refractivity (Wildman–Crippen MR) is 66.3 cm³/mol. The van der Waals surface area contributed by atoms with Crippen molar-refractivity contribution in [1.29, 1.82) is 0 Å². The molecule has 2 aromatic heterocycles. The second kappa shape index (κ2) is 4.92. The fourth-order valence-electron chi connectivity index (χ4n) is 1.37. The number of carbonyl (C=O) groups is 1. The van der Waals surface area contributed by atoms with Crippen molar-refractivity contribution < 1.29 is 9.90 Å². The molecule has 88 valence electrons. The second-order valence-electron chi connectivity index (χ2n) is 3.50. The van der Waals surface area contributed by atoms with Crippen LogP contribution in [0.3, 0.4) is 0 Å². The third kappa shape index (κ3) is 2.79. The molecule has 6 heteroatoms. The Morgan fingerprint density at radius 2 is 2.24 bits per heavy atom. The largest absolute Gasteiger partial charge is 0.480 e. The van der Waals surface area contributed by atoms with Crippen LogP contribution in [0.4, 0.5) is 5.82 Å². The summed E-state index contributed by atoms with van der Waals surface area (Å²) < 4.78 is 0. The highest BCUT2D eigenvalue weighted by Gasteiger charge is 2.08. The van der Waals surface area contributed by atoms with Crippen LogP contribution >= 0.6 is 11.3 Å². The average molecular weight is 249 g/mol. The lowest BCUT2D eigenvalue weighted by Crippen LogP contribution is -2.26. The van der Waals surface area contributed by atoms with Crippen molar-refractivity contribution in [3.05, 3.63) is 29.6 Å². The Morgan fingerprint density at radius 3 is 2.76 bits per heavy atom. The quantitative estimate of drug-likeness (QED) is 0.893. The first-order valence-electron chi connectivity index (χ1n) is 4.97. The van der Waals surface area contributed by atoms with Gasteiger partial charge in [-0.05, 0) is 23.6 Å². The normalized spacial score (nSPS) is 10.2. The number of rotatable bonds is 4. The smallest absolute Gasteiger partial charge is 0.323 e. The number of aromatic nitrogens is 2. The zero-order chi connectivity index (χ0) is 12.3. The van der Waals surface area contributed by atoms with Gasteiger partial charge in [0.1, 0.15) is 12.2 Å². The molecule has 0 saturated heterocycles. The Hall–Kier alpha value is -1.95. The van der Waals surface area contributed by atoms with E-state index in [1.807, 2.05) is 23.6 Å². The summed E-state index contributed by atoms with van der Waals surface area (Å²) in [6, 6.07) is 7.53. The molecule has 0 aliphatic carbocycles. The van der Waals surface area contributed by atoms with Crippen molar-refractivity contribution in [3.8, 4) is 10.6 Å². The van der Waals surface area contributed by atoms with E-state index in [2.05, 4.69) is 10.2 Å². The number of hydrogen-bond donors (Lipinski definition) is 1. The fourth-order valence-corrected chi connectivity index (χ4v) is 2.06. The summed E-state index contributed by atoms with van der Waals surface area (Å²) in [4.78, 5) is 13.1. The van der Waals surface area contributed by atoms with Gasteiger partial charge >= 0.3 is 5.97 Å². The number of likely N-dealkylation sites (N-methyl/N-ethyl adjacent to an activating group) is 1. The van der Waals surface area contributed by atoms with E-state index in [1.54, 1.807) is 24.5 Å². The number of nitrogens with zero attached hydrogens (tertiary/aromatic N) is 3. The van der Waals surface area contributed by atoms with E-state index in [4.69, 9.17) is 5.11 Å². The molecular weight excluding hydrogens is 238 g/mol. The Labute approximate surface area is 102 Å². The lowest BCUT2D eigenvalue weighted by Gasteiger charge is -2.14. The van der Waals surface area contributed by atoms with Crippen molar-refractivity contribution in [2.45, 2.75) is 0 Å². The highest BCUT2D eigenvalue weighted by Crippen LogP contribution is 2.22. The SMILES string of the molecule is CN(CC(=O)O)c1ccc(-c2cccs2)nn1. The first-order chi connectivity index (χ1) is 8.16. The monoisotopic (exact) mass is 249 g/mol. The van der Waals surface area contributed by atoms with Gasteiger partial charge < -0.3 is 10.0 Å². The van der Waals surface area contributed by atoms with Crippen LogP contribution in [0, 0.1) is 0 Å². The summed E-state index contributed by atoms with van der Waals surface area (Å²) in [6.07, 6.45) is 0. The number of carboxylic acids is 1. The van der Waals surface area contributed by atoms with Gasteiger partial charge in [-0.25, -0.2) is 0 Å². The number of aliphatic carboxylic acids is 1. The Balaban J connectivity index is 2.15. The maximum atomic E-state index is 10.5. The van der Waals surface area contributed by atoms with Crippen LogP contribution in [-0.2, 0) is 4.79 Å². The van der Waals surface area contributed by atoms with Crippen molar-refractivity contribution >= 4 is 23.1 Å². The van der Waals surface area contributed by atoms with Crippen molar-refractivity contribution in [3.63, 3.8) is 0 Å². The number of hydrogen-bond acceptors (Lipinski definition) is 5. The zero-order valence-corrected chi connectivity index (χ0v) is 10.0. The molecule has 0 aliphatic rings. The summed E-state index contributed by atoms with van der Waals surface area (Å²) in [5.41, 5.74) is 0.799. The number of carboxylic acid groups (broad SMARTS) is 1. The van der Waals surface area contributed by atoms with Gasteiger partial charge in [0.05, 0.1) is 4.88 Å². The van der Waals surface area contributed by atoms with Crippen LogP contribution in [0.2, 0.25) is 0 Å². The molecule has 2 heterocycles. The van der Waals surface area contributed by atoms with Crippen molar-refractivity contribution in [2.75, 3.05) is 18.5 Å². The molecule has 0 atom stereocenters. The molecule has 0 aliphatic heterocycles. The Morgan fingerprint density at radius 1 is 1.41 bits per heavy atom. The summed E-state index contributed by atoms with van der Waals surface area (Å²) in [5.74, 6) is -0.343. The van der Waals surface area contributed by atoms with Gasteiger partial charge in [-0.2, -0.15) is 0 Å². The van der Waals surface area contributed by atoms with Crippen molar-refractivity contribution in [1.82, 2.24) is 10.2 Å². The second-order valence-corrected chi connectivity index (χ2v) is 4.45. The maximum absolute atomic E-state index is 10.5.